The van der Waals surface area contributed by atoms with Gasteiger partial charge in [0.05, 0.1) is 16.8 Å². The van der Waals surface area contributed by atoms with Crippen LogP contribution in [0.25, 0.3) is 11.0 Å². The Morgan fingerprint density at radius 1 is 1.00 bits per heavy atom. The van der Waals surface area contributed by atoms with E-state index in [2.05, 4.69) is 20.7 Å². The first-order valence-corrected chi connectivity index (χ1v) is 7.70. The minimum Gasteiger partial charge on any atom is -0.324 e. The first kappa shape index (κ1) is 15.0. The van der Waals surface area contributed by atoms with Crippen molar-refractivity contribution in [3.8, 4) is 0 Å². The van der Waals surface area contributed by atoms with Crippen LogP contribution in [0.3, 0.4) is 0 Å². The molecule has 1 aliphatic rings. The Morgan fingerprint density at radius 3 is 2.44 bits per heavy atom. The topological polar surface area (TPSA) is 108 Å². The van der Waals surface area contributed by atoms with Crippen LogP contribution in [-0.2, 0) is 4.79 Å². The summed E-state index contributed by atoms with van der Waals surface area (Å²) in [6, 6.07) is 11.9. The molecule has 8 heteroatoms. The van der Waals surface area contributed by atoms with Gasteiger partial charge < -0.3 is 5.32 Å². The third-order valence-corrected chi connectivity index (χ3v) is 4.06. The molecule has 1 aromatic heterocycles. The lowest BCUT2D eigenvalue weighted by molar-refractivity contribution is -0.116. The molecule has 0 unspecified atom stereocenters. The number of hydrogen-bond donors (Lipinski definition) is 2. The summed E-state index contributed by atoms with van der Waals surface area (Å²) in [6.07, 6.45) is -0.000290. The van der Waals surface area contributed by atoms with Crippen LogP contribution in [0.5, 0.6) is 0 Å². The van der Waals surface area contributed by atoms with Crippen LogP contribution in [0.15, 0.2) is 42.5 Å². The van der Waals surface area contributed by atoms with E-state index in [1.165, 1.54) is 0 Å². The number of aromatic amines is 1. The number of para-hydroxylation sites is 1. The van der Waals surface area contributed by atoms with Crippen molar-refractivity contribution in [3.63, 3.8) is 0 Å². The smallest absolute Gasteiger partial charge is 0.261 e. The van der Waals surface area contributed by atoms with E-state index in [0.717, 1.165) is 4.90 Å². The zero-order chi connectivity index (χ0) is 17.4. The molecule has 0 saturated heterocycles. The van der Waals surface area contributed by atoms with Crippen LogP contribution in [0.1, 0.15) is 27.1 Å². The Kier molecular flexibility index (Phi) is 3.50. The van der Waals surface area contributed by atoms with Crippen molar-refractivity contribution in [1.82, 2.24) is 20.3 Å². The quantitative estimate of drug-likeness (QED) is 0.704. The predicted octanol–water partition coefficient (Wildman–Crippen LogP) is 1.58. The maximum atomic E-state index is 12.3. The summed E-state index contributed by atoms with van der Waals surface area (Å²) in [5.41, 5.74) is 2.47. The first-order chi connectivity index (χ1) is 12.1. The van der Waals surface area contributed by atoms with Crippen molar-refractivity contribution in [1.29, 1.82) is 0 Å². The summed E-state index contributed by atoms with van der Waals surface area (Å²) >= 11 is 0. The number of hydrogen-bond acceptors (Lipinski definition) is 5. The molecule has 1 aliphatic heterocycles. The highest BCUT2D eigenvalue weighted by molar-refractivity contribution is 6.21. The second kappa shape index (κ2) is 5.82. The van der Waals surface area contributed by atoms with Crippen molar-refractivity contribution in [3.05, 3.63) is 53.6 Å². The molecule has 3 amide bonds. The highest BCUT2D eigenvalue weighted by atomic mass is 16.2. The predicted molar refractivity (Wildman–Crippen MR) is 88.9 cm³/mol. The Morgan fingerprint density at radius 2 is 1.72 bits per heavy atom. The monoisotopic (exact) mass is 335 g/mol. The van der Waals surface area contributed by atoms with Gasteiger partial charge in [0.1, 0.15) is 11.0 Å². The Bertz CT molecular complexity index is 975. The lowest BCUT2D eigenvalue weighted by Crippen LogP contribution is -2.32. The summed E-state index contributed by atoms with van der Waals surface area (Å²) in [7, 11) is 0. The van der Waals surface area contributed by atoms with Gasteiger partial charge in [-0.2, -0.15) is 15.4 Å². The highest BCUT2D eigenvalue weighted by Gasteiger charge is 2.34. The molecule has 4 rings (SSSR count). The van der Waals surface area contributed by atoms with Gasteiger partial charge in [-0.15, -0.1) is 0 Å². The highest BCUT2D eigenvalue weighted by Crippen LogP contribution is 2.23. The SMILES string of the molecule is O=C(CCN1C(=O)c2ccccc2C1=O)Nc1cccc2n[nH]nc12. The number of aromatic nitrogens is 3. The van der Waals surface area contributed by atoms with Gasteiger partial charge >= 0.3 is 0 Å². The van der Waals surface area contributed by atoms with E-state index in [-0.39, 0.29) is 30.7 Å². The molecular formula is C17H13N5O3. The van der Waals surface area contributed by atoms with Crippen molar-refractivity contribution in [2.45, 2.75) is 6.42 Å². The number of anilines is 1. The van der Waals surface area contributed by atoms with Gasteiger partial charge in [0.15, 0.2) is 0 Å². The molecule has 2 heterocycles. The largest absolute Gasteiger partial charge is 0.324 e. The summed E-state index contributed by atoms with van der Waals surface area (Å²) in [5.74, 6) is -1.05. The third kappa shape index (κ3) is 2.53. The van der Waals surface area contributed by atoms with Crippen LogP contribution in [0.2, 0.25) is 0 Å². The molecule has 0 saturated carbocycles. The zero-order valence-corrected chi connectivity index (χ0v) is 13.0. The summed E-state index contributed by atoms with van der Waals surface area (Å²) in [4.78, 5) is 37.8. The van der Waals surface area contributed by atoms with Crippen LogP contribution in [0, 0.1) is 0 Å². The zero-order valence-electron chi connectivity index (χ0n) is 13.0. The number of carbonyl (C=O) groups excluding carboxylic acids is 3. The normalized spacial score (nSPS) is 13.4. The molecule has 0 bridgehead atoms. The van der Waals surface area contributed by atoms with Gasteiger partial charge in [-0.1, -0.05) is 18.2 Å². The average Bonchev–Trinajstić information content (AvgIpc) is 3.19. The van der Waals surface area contributed by atoms with E-state index in [1.54, 1.807) is 42.5 Å². The number of imide groups is 1. The van der Waals surface area contributed by atoms with E-state index in [9.17, 15) is 14.4 Å². The van der Waals surface area contributed by atoms with Crippen LogP contribution in [-0.4, -0.2) is 44.6 Å². The number of carbonyl (C=O) groups is 3. The number of rotatable bonds is 4. The summed E-state index contributed by atoms with van der Waals surface area (Å²) < 4.78 is 0. The molecule has 3 aromatic rings. The second-order valence-corrected chi connectivity index (χ2v) is 5.60. The fourth-order valence-corrected chi connectivity index (χ4v) is 2.84. The van der Waals surface area contributed by atoms with E-state index in [0.29, 0.717) is 27.8 Å². The molecule has 0 radical (unpaired) electrons. The molecular weight excluding hydrogens is 322 g/mol. The average molecular weight is 335 g/mol. The summed E-state index contributed by atoms with van der Waals surface area (Å²) in [6.45, 7) is 0.0208. The minimum absolute atomic E-state index is 0.000290. The number of nitrogens with one attached hydrogen (secondary N) is 2. The van der Waals surface area contributed by atoms with Crippen LogP contribution < -0.4 is 5.32 Å². The van der Waals surface area contributed by atoms with Gasteiger partial charge in [-0.25, -0.2) is 0 Å². The van der Waals surface area contributed by atoms with Crippen molar-refractivity contribution < 1.29 is 14.4 Å². The lowest BCUT2D eigenvalue weighted by atomic mass is 10.1. The van der Waals surface area contributed by atoms with Crippen molar-refractivity contribution >= 4 is 34.4 Å². The maximum Gasteiger partial charge on any atom is 0.261 e. The molecule has 2 aromatic carbocycles. The second-order valence-electron chi connectivity index (χ2n) is 5.60. The maximum absolute atomic E-state index is 12.3. The van der Waals surface area contributed by atoms with E-state index < -0.39 is 0 Å². The van der Waals surface area contributed by atoms with Gasteiger partial charge in [0.25, 0.3) is 11.8 Å². The molecule has 0 aliphatic carbocycles. The Hall–Kier alpha value is -3.55. The number of fused-ring (bicyclic) bond motifs is 2. The molecule has 25 heavy (non-hydrogen) atoms. The molecule has 0 spiro atoms. The van der Waals surface area contributed by atoms with E-state index in [4.69, 9.17) is 0 Å². The molecule has 124 valence electrons. The number of nitrogens with zero attached hydrogens (tertiary/aromatic N) is 3. The molecule has 8 nitrogen and oxygen atoms in total. The molecule has 0 fully saturated rings. The fraction of sp³-hybridized carbons (Fsp3) is 0.118. The van der Waals surface area contributed by atoms with Gasteiger partial charge in [-0.3, -0.25) is 19.3 Å². The standard InChI is InChI=1S/C17H13N5O3/c23-14(18-12-6-3-7-13-15(12)20-21-19-13)8-9-22-16(24)10-4-1-2-5-11(10)17(22)25/h1-7H,8-9H2,(H,18,23)(H,19,20,21). The van der Waals surface area contributed by atoms with Gasteiger partial charge in [0.2, 0.25) is 5.91 Å². The Balaban J connectivity index is 1.44. The molecule has 2 N–H and O–H groups in total. The fourth-order valence-electron chi connectivity index (χ4n) is 2.84. The van der Waals surface area contributed by atoms with Crippen LogP contribution >= 0.6 is 0 Å². The van der Waals surface area contributed by atoms with Gasteiger partial charge in [0, 0.05) is 13.0 Å². The van der Waals surface area contributed by atoms with E-state index >= 15 is 0 Å². The minimum atomic E-state index is -0.369. The molecule has 0 atom stereocenters. The summed E-state index contributed by atoms with van der Waals surface area (Å²) in [5, 5.41) is 13.2. The number of benzene rings is 2. The number of amides is 3. The number of H-pyrrole nitrogens is 1. The van der Waals surface area contributed by atoms with Gasteiger partial charge in [-0.05, 0) is 24.3 Å². The first-order valence-electron chi connectivity index (χ1n) is 7.70. The van der Waals surface area contributed by atoms with Crippen LogP contribution in [0.4, 0.5) is 5.69 Å². The Labute approximate surface area is 141 Å². The van der Waals surface area contributed by atoms with E-state index in [1.807, 2.05) is 0 Å². The lowest BCUT2D eigenvalue weighted by Gasteiger charge is -2.13. The van der Waals surface area contributed by atoms with Crippen molar-refractivity contribution in [2.24, 2.45) is 0 Å². The third-order valence-electron chi connectivity index (χ3n) is 4.06. The van der Waals surface area contributed by atoms with Crippen molar-refractivity contribution in [2.75, 3.05) is 11.9 Å².